The number of oxazole rings is 1. The molecule has 82 valence electrons. The van der Waals surface area contributed by atoms with Gasteiger partial charge in [-0.05, 0) is 26.0 Å². The molecule has 0 aliphatic rings. The molecule has 0 aliphatic heterocycles. The van der Waals surface area contributed by atoms with Gasteiger partial charge in [0.05, 0.1) is 5.54 Å². The summed E-state index contributed by atoms with van der Waals surface area (Å²) in [5, 5.41) is 0.634. The Morgan fingerprint density at radius 1 is 1.40 bits per heavy atom. The van der Waals surface area contributed by atoms with E-state index in [9.17, 15) is 0 Å². The first kappa shape index (κ1) is 12.3. The van der Waals surface area contributed by atoms with Gasteiger partial charge < -0.3 is 10.2 Å². The number of aromatic nitrogens is 1. The highest BCUT2D eigenvalue weighted by atomic mass is 35.5. The molecule has 0 spiro atoms. The summed E-state index contributed by atoms with van der Waals surface area (Å²) in [5.74, 6) is 0.523. The highest BCUT2D eigenvalue weighted by molar-refractivity contribution is 6.31. The normalized spacial score (nSPS) is 11.5. The van der Waals surface area contributed by atoms with E-state index >= 15 is 0 Å². The molecule has 2 N–H and O–H groups in total. The largest absolute Gasteiger partial charge is 0.439 e. The van der Waals surface area contributed by atoms with E-state index in [2.05, 4.69) is 4.98 Å². The van der Waals surface area contributed by atoms with Crippen LogP contribution < -0.4 is 5.73 Å². The Hall–Kier alpha value is -0.770. The van der Waals surface area contributed by atoms with Gasteiger partial charge >= 0.3 is 0 Å². The number of nitrogens with two attached hydrogens (primary N) is 1. The average molecular weight is 247 g/mol. The van der Waals surface area contributed by atoms with Crippen molar-refractivity contribution in [2.75, 3.05) is 0 Å². The van der Waals surface area contributed by atoms with E-state index < -0.39 is 5.54 Å². The number of rotatable bonds is 1. The molecule has 0 saturated carbocycles. The van der Waals surface area contributed by atoms with Gasteiger partial charge in [0, 0.05) is 11.1 Å². The lowest BCUT2D eigenvalue weighted by molar-refractivity contribution is 0.394. The Balaban J connectivity index is 0.00000112. The third kappa shape index (κ3) is 2.43. The second-order valence-corrected chi connectivity index (χ2v) is 4.29. The van der Waals surface area contributed by atoms with Crippen molar-refractivity contribution in [3.8, 4) is 0 Å². The molecule has 3 nitrogen and oxygen atoms in total. The van der Waals surface area contributed by atoms with E-state index in [1.54, 1.807) is 12.1 Å². The van der Waals surface area contributed by atoms with Crippen LogP contribution in [0.25, 0.3) is 11.1 Å². The second kappa shape index (κ2) is 4.00. The van der Waals surface area contributed by atoms with Crippen molar-refractivity contribution >= 4 is 35.1 Å². The van der Waals surface area contributed by atoms with Crippen molar-refractivity contribution in [2.24, 2.45) is 5.73 Å². The number of nitrogens with zero attached hydrogens (tertiary/aromatic N) is 1. The van der Waals surface area contributed by atoms with Gasteiger partial charge in [-0.15, -0.1) is 12.4 Å². The molecule has 2 rings (SSSR count). The third-order valence-corrected chi connectivity index (χ3v) is 2.14. The first-order chi connectivity index (χ1) is 6.47. The number of hydrogen-bond donors (Lipinski definition) is 1. The van der Waals surface area contributed by atoms with Gasteiger partial charge in [-0.25, -0.2) is 4.98 Å². The molecular weight excluding hydrogens is 235 g/mol. The van der Waals surface area contributed by atoms with Crippen LogP contribution in [0.4, 0.5) is 0 Å². The fraction of sp³-hybridized carbons (Fsp3) is 0.300. The fourth-order valence-electron chi connectivity index (χ4n) is 1.17. The third-order valence-electron chi connectivity index (χ3n) is 1.90. The molecule has 2 aromatic rings. The van der Waals surface area contributed by atoms with Crippen LogP contribution in [0.1, 0.15) is 19.7 Å². The molecule has 0 fully saturated rings. The molecule has 1 aromatic heterocycles. The van der Waals surface area contributed by atoms with Crippen molar-refractivity contribution < 1.29 is 4.42 Å². The first-order valence-electron chi connectivity index (χ1n) is 4.32. The van der Waals surface area contributed by atoms with E-state index in [0.29, 0.717) is 16.5 Å². The predicted octanol–water partition coefficient (Wildman–Crippen LogP) is 3.10. The van der Waals surface area contributed by atoms with E-state index in [4.69, 9.17) is 21.8 Å². The zero-order valence-corrected chi connectivity index (χ0v) is 10.0. The Morgan fingerprint density at radius 3 is 2.67 bits per heavy atom. The van der Waals surface area contributed by atoms with Crippen LogP contribution in [0.3, 0.4) is 0 Å². The molecule has 0 bridgehead atoms. The van der Waals surface area contributed by atoms with Crippen molar-refractivity contribution in [3.05, 3.63) is 29.1 Å². The van der Waals surface area contributed by atoms with Gasteiger partial charge in [0.2, 0.25) is 5.89 Å². The van der Waals surface area contributed by atoms with Crippen LogP contribution in [0, 0.1) is 0 Å². The summed E-state index contributed by atoms with van der Waals surface area (Å²) in [6, 6.07) is 5.33. The van der Waals surface area contributed by atoms with E-state index in [1.807, 2.05) is 19.9 Å². The quantitative estimate of drug-likeness (QED) is 0.842. The summed E-state index contributed by atoms with van der Waals surface area (Å²) in [6.45, 7) is 3.69. The number of hydrogen-bond acceptors (Lipinski definition) is 3. The predicted molar refractivity (Wildman–Crippen MR) is 63.5 cm³/mol. The first-order valence-corrected chi connectivity index (χ1v) is 4.70. The molecular formula is C10H12Cl2N2O. The van der Waals surface area contributed by atoms with Crippen molar-refractivity contribution in [1.29, 1.82) is 0 Å². The van der Waals surface area contributed by atoms with Crippen LogP contribution in [0.2, 0.25) is 5.02 Å². The highest BCUT2D eigenvalue weighted by Gasteiger charge is 2.21. The number of halogens is 2. The monoisotopic (exact) mass is 246 g/mol. The molecule has 0 atom stereocenters. The standard InChI is InChI=1S/C10H11ClN2O.ClH/c1-10(2,12)9-13-7-4-3-6(11)5-8(7)14-9;/h3-5H,12H2,1-2H3;1H. The highest BCUT2D eigenvalue weighted by Crippen LogP contribution is 2.24. The van der Waals surface area contributed by atoms with Crippen LogP contribution in [-0.4, -0.2) is 4.98 Å². The molecule has 5 heteroatoms. The summed E-state index contributed by atoms with van der Waals surface area (Å²) < 4.78 is 5.49. The zero-order chi connectivity index (χ0) is 10.3. The van der Waals surface area contributed by atoms with Crippen molar-refractivity contribution in [3.63, 3.8) is 0 Å². The van der Waals surface area contributed by atoms with Gasteiger partial charge in [0.25, 0.3) is 0 Å². The second-order valence-electron chi connectivity index (χ2n) is 3.85. The molecule has 15 heavy (non-hydrogen) atoms. The summed E-state index contributed by atoms with van der Waals surface area (Å²) in [5.41, 5.74) is 6.76. The summed E-state index contributed by atoms with van der Waals surface area (Å²) in [6.07, 6.45) is 0. The molecule has 1 heterocycles. The van der Waals surface area contributed by atoms with Gasteiger partial charge in [0.1, 0.15) is 5.52 Å². The molecule has 0 unspecified atom stereocenters. The molecule has 0 aliphatic carbocycles. The molecule has 0 saturated heterocycles. The number of fused-ring (bicyclic) bond motifs is 1. The van der Waals surface area contributed by atoms with E-state index in [-0.39, 0.29) is 12.4 Å². The van der Waals surface area contributed by atoms with Crippen molar-refractivity contribution in [2.45, 2.75) is 19.4 Å². The minimum atomic E-state index is -0.564. The van der Waals surface area contributed by atoms with Crippen LogP contribution in [-0.2, 0) is 5.54 Å². The Kier molecular flexibility index (Phi) is 3.28. The molecule has 1 aromatic carbocycles. The lowest BCUT2D eigenvalue weighted by Gasteiger charge is -2.11. The average Bonchev–Trinajstić information content (AvgIpc) is 2.45. The minimum absolute atomic E-state index is 0. The molecule has 0 radical (unpaired) electrons. The van der Waals surface area contributed by atoms with Crippen LogP contribution in [0.15, 0.2) is 22.6 Å². The van der Waals surface area contributed by atoms with Gasteiger partial charge in [-0.2, -0.15) is 0 Å². The lowest BCUT2D eigenvalue weighted by atomic mass is 10.1. The summed E-state index contributed by atoms with van der Waals surface area (Å²) in [4.78, 5) is 4.27. The maximum atomic E-state index is 5.87. The topological polar surface area (TPSA) is 52.0 Å². The van der Waals surface area contributed by atoms with Gasteiger partial charge in [-0.1, -0.05) is 11.6 Å². The van der Waals surface area contributed by atoms with E-state index in [1.165, 1.54) is 0 Å². The molecule has 0 amide bonds. The summed E-state index contributed by atoms with van der Waals surface area (Å²) in [7, 11) is 0. The van der Waals surface area contributed by atoms with Crippen LogP contribution >= 0.6 is 24.0 Å². The van der Waals surface area contributed by atoms with Gasteiger partial charge in [0.15, 0.2) is 5.58 Å². The van der Waals surface area contributed by atoms with Crippen LogP contribution in [0.5, 0.6) is 0 Å². The van der Waals surface area contributed by atoms with Crippen molar-refractivity contribution in [1.82, 2.24) is 4.98 Å². The number of benzene rings is 1. The lowest BCUT2D eigenvalue weighted by Crippen LogP contribution is -2.28. The smallest absolute Gasteiger partial charge is 0.215 e. The Bertz CT molecular complexity index is 474. The van der Waals surface area contributed by atoms with Gasteiger partial charge in [-0.3, -0.25) is 0 Å². The fourth-order valence-corrected chi connectivity index (χ4v) is 1.34. The SMILES string of the molecule is CC(C)(N)c1nc2ccc(Cl)cc2o1.Cl. The Morgan fingerprint density at radius 2 is 2.07 bits per heavy atom. The maximum absolute atomic E-state index is 5.87. The Labute approximate surface area is 99.0 Å². The zero-order valence-electron chi connectivity index (χ0n) is 8.45. The summed E-state index contributed by atoms with van der Waals surface area (Å²) >= 11 is 5.82. The minimum Gasteiger partial charge on any atom is -0.439 e. The maximum Gasteiger partial charge on any atom is 0.215 e. The van der Waals surface area contributed by atoms with E-state index in [0.717, 1.165) is 5.52 Å².